The third-order valence-electron chi connectivity index (χ3n) is 7.20. The lowest BCUT2D eigenvalue weighted by Gasteiger charge is -2.15. The molecule has 7 nitrogen and oxygen atoms in total. The van der Waals surface area contributed by atoms with Gasteiger partial charge in [-0.25, -0.2) is 15.0 Å². The minimum atomic E-state index is -3.01. The second kappa shape index (κ2) is 10.2. The van der Waals surface area contributed by atoms with Gasteiger partial charge in [0.15, 0.2) is 0 Å². The number of nitrogens with two attached hydrogens (primary N) is 1. The Morgan fingerprint density at radius 1 is 1.10 bits per heavy atom. The molecule has 0 bridgehead atoms. The van der Waals surface area contributed by atoms with Gasteiger partial charge in [-0.2, -0.15) is 8.78 Å². The van der Waals surface area contributed by atoms with Gasteiger partial charge in [0.25, 0.3) is 5.66 Å². The molecule has 1 saturated carbocycles. The zero-order valence-corrected chi connectivity index (χ0v) is 23.3. The van der Waals surface area contributed by atoms with Gasteiger partial charge >= 0.3 is 0 Å². The average Bonchev–Trinajstić information content (AvgIpc) is 3.67. The molecule has 5 aromatic rings. The number of aromatic nitrogens is 5. The van der Waals surface area contributed by atoms with Gasteiger partial charge in [-0.15, -0.1) is 0 Å². The van der Waals surface area contributed by atoms with E-state index in [1.165, 1.54) is 43.4 Å². The van der Waals surface area contributed by atoms with Crippen LogP contribution in [0.4, 0.5) is 20.3 Å². The molecule has 6 rings (SSSR count). The van der Waals surface area contributed by atoms with Crippen molar-refractivity contribution in [3.05, 3.63) is 78.5 Å². The summed E-state index contributed by atoms with van der Waals surface area (Å²) in [5.74, 6) is 1.10. The molecule has 3 N–H and O–H groups in total. The molecule has 0 aliphatic heterocycles. The Hall–Kier alpha value is -3.49. The first-order chi connectivity index (χ1) is 18.8. The summed E-state index contributed by atoms with van der Waals surface area (Å²) in [7, 11) is 1.56. The molecule has 1 aliphatic rings. The van der Waals surface area contributed by atoms with Crippen LogP contribution in [0.25, 0.3) is 28.0 Å². The fraction of sp³-hybridized carbons (Fsp3) is 0.250. The number of nitrogens with one attached hydrogen (secondary N) is 1. The number of fused-ring (bicyclic) bond motifs is 1. The molecule has 11 heteroatoms. The zero-order valence-electron chi connectivity index (χ0n) is 21.3. The smallest absolute Gasteiger partial charge is 0.285 e. The van der Waals surface area contributed by atoms with Crippen LogP contribution < -0.4 is 10.5 Å². The van der Waals surface area contributed by atoms with Crippen LogP contribution in [-0.4, -0.2) is 24.1 Å². The van der Waals surface area contributed by atoms with Gasteiger partial charge in [-0.1, -0.05) is 34.2 Å². The second-order valence-corrected chi connectivity index (χ2v) is 11.4. The lowest BCUT2D eigenvalue weighted by Crippen LogP contribution is -2.07. The van der Waals surface area contributed by atoms with E-state index in [2.05, 4.69) is 42.6 Å². The van der Waals surface area contributed by atoms with E-state index in [0.29, 0.717) is 23.2 Å². The highest BCUT2D eigenvalue weighted by Crippen LogP contribution is 2.39. The summed E-state index contributed by atoms with van der Waals surface area (Å²) in [6.45, 7) is 1.78. The van der Waals surface area contributed by atoms with Crippen LogP contribution in [0.1, 0.15) is 42.9 Å². The lowest BCUT2D eigenvalue weighted by molar-refractivity contribution is 0.103. The highest BCUT2D eigenvalue weighted by atomic mass is 32.2. The molecule has 1 atom stereocenters. The number of rotatable bonds is 7. The van der Waals surface area contributed by atoms with E-state index in [1.807, 2.05) is 35.0 Å². The Bertz CT molecular complexity index is 1640. The normalized spacial score (nSPS) is 14.4. The largest absolute Gasteiger partial charge is 0.383 e. The molecule has 39 heavy (non-hydrogen) atoms. The number of pyridine rings is 1. The van der Waals surface area contributed by atoms with Crippen molar-refractivity contribution in [2.45, 2.75) is 49.3 Å². The highest BCUT2D eigenvalue weighted by molar-refractivity contribution is 8.00. The predicted molar refractivity (Wildman–Crippen MR) is 156 cm³/mol. The van der Waals surface area contributed by atoms with Crippen molar-refractivity contribution in [3.63, 3.8) is 0 Å². The van der Waals surface area contributed by atoms with Crippen molar-refractivity contribution in [1.82, 2.24) is 24.1 Å². The molecule has 1 aromatic carbocycles. The Kier molecular flexibility index (Phi) is 6.77. The van der Waals surface area contributed by atoms with Gasteiger partial charge in [0.05, 0.1) is 5.39 Å². The number of hydrogen-bond donors (Lipinski definition) is 2. The zero-order chi connectivity index (χ0) is 27.1. The molecule has 200 valence electrons. The maximum absolute atomic E-state index is 13.7. The summed E-state index contributed by atoms with van der Waals surface area (Å²) >= 11 is 1.42. The molecule has 4 aromatic heterocycles. The maximum Gasteiger partial charge on any atom is 0.285 e. The van der Waals surface area contributed by atoms with Crippen LogP contribution in [0.2, 0.25) is 0 Å². The number of hydrogen-bond acceptors (Lipinski definition) is 6. The number of nitrogen functional groups attached to an aromatic ring is 1. The van der Waals surface area contributed by atoms with Crippen molar-refractivity contribution < 1.29 is 8.78 Å². The van der Waals surface area contributed by atoms with Crippen LogP contribution in [0.15, 0.2) is 72.4 Å². The Balaban J connectivity index is 1.23. The van der Waals surface area contributed by atoms with E-state index in [4.69, 9.17) is 5.73 Å². The fourth-order valence-corrected chi connectivity index (χ4v) is 6.15. The average molecular weight is 564 g/mol. The topological polar surface area (TPSA) is 86.6 Å². The molecular formula is C28H28F2N7PS. The van der Waals surface area contributed by atoms with Crippen LogP contribution in [0.5, 0.6) is 0 Å². The van der Waals surface area contributed by atoms with Crippen LogP contribution in [-0.2, 0) is 5.66 Å². The number of aryl methyl sites for hydroxylation is 1. The summed E-state index contributed by atoms with van der Waals surface area (Å²) in [4.78, 5) is 13.1. The number of benzene rings is 1. The van der Waals surface area contributed by atoms with E-state index in [9.17, 15) is 8.78 Å². The molecule has 0 amide bonds. The molecule has 1 unspecified atom stereocenters. The van der Waals surface area contributed by atoms with Gasteiger partial charge in [0.1, 0.15) is 28.6 Å². The first kappa shape index (κ1) is 25.8. The van der Waals surface area contributed by atoms with Crippen LogP contribution in [0.3, 0.4) is 0 Å². The standard InChI is InChI=1S/C28H28F2N7PS/c1-17-13-19(28(29,30)38)14-32-26(17)36-12-4-7-23(36)39-35-20-10-8-18(9-11-20)22-15-37(21-5-2-3-6-21)27-24(22)25(31)33-16-34-27/h4,7-16,21,35H,2-3,5-6,38H2,1H3,(H2,31,33,34). The van der Waals surface area contributed by atoms with Gasteiger partial charge in [-0.05, 0) is 61.2 Å². The first-order valence-electron chi connectivity index (χ1n) is 12.8. The minimum Gasteiger partial charge on any atom is -0.383 e. The second-order valence-electron chi connectivity index (χ2n) is 9.83. The molecule has 0 saturated heterocycles. The van der Waals surface area contributed by atoms with Gasteiger partial charge in [0.2, 0.25) is 0 Å². The number of halogens is 2. The predicted octanol–water partition coefficient (Wildman–Crippen LogP) is 7.33. The molecular weight excluding hydrogens is 535 g/mol. The van der Waals surface area contributed by atoms with Gasteiger partial charge in [-0.3, -0.25) is 4.57 Å². The molecule has 1 aliphatic carbocycles. The quantitative estimate of drug-likeness (QED) is 0.159. The molecule has 0 spiro atoms. The van der Waals surface area contributed by atoms with Gasteiger partial charge < -0.3 is 15.0 Å². The molecule has 0 radical (unpaired) electrons. The van der Waals surface area contributed by atoms with Crippen molar-refractivity contribution in [1.29, 1.82) is 0 Å². The minimum absolute atomic E-state index is 0.131. The van der Waals surface area contributed by atoms with Crippen LogP contribution in [0, 0.1) is 6.92 Å². The van der Waals surface area contributed by atoms with Crippen LogP contribution >= 0.6 is 21.2 Å². The van der Waals surface area contributed by atoms with Crippen molar-refractivity contribution in [2.24, 2.45) is 0 Å². The van der Waals surface area contributed by atoms with E-state index >= 15 is 0 Å². The summed E-state index contributed by atoms with van der Waals surface area (Å²) in [6, 6.07) is 13.9. The Morgan fingerprint density at radius 2 is 1.87 bits per heavy atom. The SMILES string of the molecule is Cc1cc(C(F)(F)P)cnc1-n1cccc1SNc1ccc(-c2cn(C3CCCC3)c3ncnc(N)c23)cc1. The lowest BCUT2D eigenvalue weighted by atomic mass is 10.1. The van der Waals surface area contributed by atoms with Crippen molar-refractivity contribution in [2.75, 3.05) is 10.5 Å². The van der Waals surface area contributed by atoms with E-state index in [-0.39, 0.29) is 5.56 Å². The number of nitrogens with zero attached hydrogens (tertiary/aromatic N) is 5. The van der Waals surface area contributed by atoms with E-state index in [1.54, 1.807) is 16.2 Å². The summed E-state index contributed by atoms with van der Waals surface area (Å²) in [5.41, 5.74) is 7.72. The molecule has 4 heterocycles. The third kappa shape index (κ3) is 4.99. The number of anilines is 2. The summed E-state index contributed by atoms with van der Waals surface area (Å²) < 4.78 is 34.9. The fourth-order valence-electron chi connectivity index (χ4n) is 5.24. The number of alkyl halides is 2. The van der Waals surface area contributed by atoms with Crippen molar-refractivity contribution >= 4 is 43.7 Å². The first-order valence-corrected chi connectivity index (χ1v) is 14.1. The summed E-state index contributed by atoms with van der Waals surface area (Å²) in [5, 5.41) is 1.77. The molecule has 1 fully saturated rings. The van der Waals surface area contributed by atoms with Gasteiger partial charge in [0, 0.05) is 53.4 Å². The maximum atomic E-state index is 13.7. The summed E-state index contributed by atoms with van der Waals surface area (Å²) in [6.07, 6.45) is 11.6. The van der Waals surface area contributed by atoms with E-state index in [0.717, 1.165) is 45.7 Å². The monoisotopic (exact) mass is 563 g/mol. The highest BCUT2D eigenvalue weighted by Gasteiger charge is 2.26. The van der Waals surface area contributed by atoms with Crippen molar-refractivity contribution in [3.8, 4) is 16.9 Å². The Labute approximate surface area is 231 Å². The third-order valence-corrected chi connectivity index (χ3v) is 8.41. The van der Waals surface area contributed by atoms with E-state index < -0.39 is 5.66 Å². The Morgan fingerprint density at radius 3 is 2.59 bits per heavy atom.